The Morgan fingerprint density at radius 2 is 2.00 bits per heavy atom. The molecule has 3 nitrogen and oxygen atoms in total. The van der Waals surface area contributed by atoms with E-state index in [1.807, 2.05) is 6.07 Å². The zero-order valence-electron chi connectivity index (χ0n) is 10.9. The van der Waals surface area contributed by atoms with Crippen LogP contribution in [0.2, 0.25) is 5.15 Å². The lowest BCUT2D eigenvalue weighted by Gasteiger charge is -2.13. The van der Waals surface area contributed by atoms with Crippen LogP contribution >= 0.6 is 11.6 Å². The average Bonchev–Trinajstić information content (AvgIpc) is 2.39. The van der Waals surface area contributed by atoms with Crippen LogP contribution in [0.1, 0.15) is 51.3 Å². The van der Waals surface area contributed by atoms with Gasteiger partial charge in [0.1, 0.15) is 16.5 Å². The lowest BCUT2D eigenvalue weighted by atomic mass is 9.98. The third-order valence-electron chi connectivity index (χ3n) is 3.19. The van der Waals surface area contributed by atoms with E-state index in [1.165, 1.54) is 12.8 Å². The first-order valence-electron chi connectivity index (χ1n) is 6.53. The maximum Gasteiger partial charge on any atom is 0.132 e. The zero-order valence-corrected chi connectivity index (χ0v) is 11.6. The molecule has 2 heterocycles. The molecule has 1 unspecified atom stereocenters. The van der Waals surface area contributed by atoms with Crippen molar-refractivity contribution in [3.05, 3.63) is 29.3 Å². The molecule has 2 aromatic heterocycles. The highest BCUT2D eigenvalue weighted by Gasteiger charge is 2.12. The third-order valence-corrected chi connectivity index (χ3v) is 3.40. The minimum Gasteiger partial charge on any atom is -0.239 e. The molecule has 2 rings (SSSR count). The number of halogens is 1. The summed E-state index contributed by atoms with van der Waals surface area (Å²) in [7, 11) is 0. The molecule has 0 bridgehead atoms. The monoisotopic (exact) mass is 263 g/mol. The summed E-state index contributed by atoms with van der Waals surface area (Å²) in [5.74, 6) is 1.38. The van der Waals surface area contributed by atoms with Crippen LogP contribution in [0.25, 0.3) is 11.0 Å². The van der Waals surface area contributed by atoms with E-state index in [0.717, 1.165) is 29.7 Å². The Hall–Kier alpha value is -1.22. The molecule has 0 N–H and O–H groups in total. The van der Waals surface area contributed by atoms with Crippen molar-refractivity contribution in [1.82, 2.24) is 15.0 Å². The van der Waals surface area contributed by atoms with Gasteiger partial charge < -0.3 is 0 Å². The number of pyridine rings is 1. The van der Waals surface area contributed by atoms with E-state index < -0.39 is 0 Å². The molecule has 4 heteroatoms. The quantitative estimate of drug-likeness (QED) is 0.752. The summed E-state index contributed by atoms with van der Waals surface area (Å²) >= 11 is 5.85. The predicted molar refractivity (Wildman–Crippen MR) is 74.9 cm³/mol. The Balaban J connectivity index is 2.30. The first-order valence-corrected chi connectivity index (χ1v) is 6.91. The third kappa shape index (κ3) is 2.96. The van der Waals surface area contributed by atoms with Crippen molar-refractivity contribution in [3.63, 3.8) is 0 Å². The molecule has 0 aliphatic carbocycles. The van der Waals surface area contributed by atoms with E-state index in [9.17, 15) is 0 Å². The number of unbranched alkanes of at least 4 members (excludes halogenated alkanes) is 1. The van der Waals surface area contributed by atoms with E-state index in [0.29, 0.717) is 11.1 Å². The van der Waals surface area contributed by atoms with E-state index >= 15 is 0 Å². The van der Waals surface area contributed by atoms with Crippen molar-refractivity contribution in [2.45, 2.75) is 45.4 Å². The van der Waals surface area contributed by atoms with Gasteiger partial charge in [0.2, 0.25) is 0 Å². The van der Waals surface area contributed by atoms with Crippen LogP contribution < -0.4 is 0 Å². The Morgan fingerprint density at radius 3 is 2.72 bits per heavy atom. The Labute approximate surface area is 113 Å². The summed E-state index contributed by atoms with van der Waals surface area (Å²) in [6, 6.07) is 3.68. The molecule has 18 heavy (non-hydrogen) atoms. The second-order valence-corrected chi connectivity index (χ2v) is 4.90. The highest BCUT2D eigenvalue weighted by molar-refractivity contribution is 6.29. The van der Waals surface area contributed by atoms with Crippen LogP contribution in [0.5, 0.6) is 0 Å². The van der Waals surface area contributed by atoms with Crippen LogP contribution in [0, 0.1) is 0 Å². The summed E-state index contributed by atoms with van der Waals surface area (Å²) in [5, 5.41) is 0.483. The van der Waals surface area contributed by atoms with Crippen LogP contribution in [0.3, 0.4) is 0 Å². The van der Waals surface area contributed by atoms with E-state index in [2.05, 4.69) is 28.8 Å². The fourth-order valence-corrected chi connectivity index (χ4v) is 2.23. The van der Waals surface area contributed by atoms with Crippen LogP contribution in [-0.2, 0) is 0 Å². The Kier molecular flexibility index (Phi) is 4.48. The molecular formula is C14H18ClN3. The maximum absolute atomic E-state index is 5.85. The smallest absolute Gasteiger partial charge is 0.132 e. The molecule has 0 radical (unpaired) electrons. The lowest BCUT2D eigenvalue weighted by molar-refractivity contribution is 0.545. The molecule has 0 saturated heterocycles. The highest BCUT2D eigenvalue weighted by Crippen LogP contribution is 2.23. The minimum atomic E-state index is 0.449. The minimum absolute atomic E-state index is 0.449. The molecule has 0 aromatic carbocycles. The van der Waals surface area contributed by atoms with Gasteiger partial charge in [-0.15, -0.1) is 0 Å². The van der Waals surface area contributed by atoms with Crippen molar-refractivity contribution in [2.75, 3.05) is 0 Å². The summed E-state index contributed by atoms with van der Waals surface area (Å²) in [6.45, 7) is 4.40. The van der Waals surface area contributed by atoms with Gasteiger partial charge in [-0.25, -0.2) is 15.0 Å². The van der Waals surface area contributed by atoms with Gasteiger partial charge in [0, 0.05) is 5.92 Å². The Bertz CT molecular complexity index is 527. The molecule has 0 fully saturated rings. The van der Waals surface area contributed by atoms with Crippen molar-refractivity contribution in [3.8, 4) is 0 Å². The molecule has 0 spiro atoms. The second kappa shape index (κ2) is 6.10. The van der Waals surface area contributed by atoms with Gasteiger partial charge >= 0.3 is 0 Å². The predicted octanol–water partition coefficient (Wildman–Crippen LogP) is 4.36. The zero-order chi connectivity index (χ0) is 13.0. The van der Waals surface area contributed by atoms with Gasteiger partial charge in [0.25, 0.3) is 0 Å². The number of fused-ring (bicyclic) bond motifs is 1. The first-order chi connectivity index (χ1) is 8.74. The van der Waals surface area contributed by atoms with Gasteiger partial charge in [-0.1, -0.05) is 38.3 Å². The summed E-state index contributed by atoms with van der Waals surface area (Å²) in [6.07, 6.45) is 6.43. The number of nitrogens with zero attached hydrogens (tertiary/aromatic N) is 3. The van der Waals surface area contributed by atoms with Gasteiger partial charge in [-0.3, -0.25) is 0 Å². The van der Waals surface area contributed by atoms with E-state index in [4.69, 9.17) is 11.6 Å². The van der Waals surface area contributed by atoms with E-state index in [-0.39, 0.29) is 0 Å². The number of hydrogen-bond acceptors (Lipinski definition) is 3. The van der Waals surface area contributed by atoms with Gasteiger partial charge in [0.05, 0.1) is 11.7 Å². The molecule has 0 aliphatic rings. The second-order valence-electron chi connectivity index (χ2n) is 4.51. The normalized spacial score (nSPS) is 12.8. The number of hydrogen-bond donors (Lipinski definition) is 0. The van der Waals surface area contributed by atoms with Gasteiger partial charge in [-0.05, 0) is 25.0 Å². The molecule has 0 amide bonds. The standard InChI is InChI=1S/C14H18ClN3/c1-3-5-6-10(4-2)14-16-9-12-11(18-14)7-8-13(15)17-12/h7-10H,3-6H2,1-2H3. The van der Waals surface area contributed by atoms with E-state index in [1.54, 1.807) is 12.3 Å². The highest BCUT2D eigenvalue weighted by atomic mass is 35.5. The summed E-state index contributed by atoms with van der Waals surface area (Å²) in [5.41, 5.74) is 1.64. The summed E-state index contributed by atoms with van der Waals surface area (Å²) < 4.78 is 0. The largest absolute Gasteiger partial charge is 0.239 e. The SMILES string of the molecule is CCCCC(CC)c1ncc2nc(Cl)ccc2n1. The number of rotatable bonds is 5. The fraction of sp³-hybridized carbons (Fsp3) is 0.500. The molecule has 2 aromatic rings. The molecular weight excluding hydrogens is 246 g/mol. The molecule has 96 valence electrons. The molecule has 1 atom stereocenters. The van der Waals surface area contributed by atoms with Crippen molar-refractivity contribution < 1.29 is 0 Å². The maximum atomic E-state index is 5.85. The van der Waals surface area contributed by atoms with Crippen molar-refractivity contribution in [1.29, 1.82) is 0 Å². The van der Waals surface area contributed by atoms with Crippen molar-refractivity contribution >= 4 is 22.6 Å². The van der Waals surface area contributed by atoms with Crippen molar-refractivity contribution in [2.24, 2.45) is 0 Å². The lowest BCUT2D eigenvalue weighted by Crippen LogP contribution is -2.04. The topological polar surface area (TPSA) is 38.7 Å². The van der Waals surface area contributed by atoms with Gasteiger partial charge in [-0.2, -0.15) is 0 Å². The fourth-order valence-electron chi connectivity index (χ4n) is 2.07. The van der Waals surface area contributed by atoms with Crippen LogP contribution in [0.15, 0.2) is 18.3 Å². The Morgan fingerprint density at radius 1 is 1.17 bits per heavy atom. The van der Waals surface area contributed by atoms with Crippen LogP contribution in [-0.4, -0.2) is 15.0 Å². The average molecular weight is 264 g/mol. The first kappa shape index (κ1) is 13.2. The van der Waals surface area contributed by atoms with Gasteiger partial charge in [0.15, 0.2) is 0 Å². The number of aromatic nitrogens is 3. The van der Waals surface area contributed by atoms with Crippen LogP contribution in [0.4, 0.5) is 0 Å². The summed E-state index contributed by atoms with van der Waals surface area (Å²) in [4.78, 5) is 13.3. The molecule has 0 aliphatic heterocycles. The molecule has 0 saturated carbocycles.